The Morgan fingerprint density at radius 3 is 2.45 bits per heavy atom. The van der Waals surface area contributed by atoms with E-state index in [2.05, 4.69) is 17.4 Å². The van der Waals surface area contributed by atoms with Gasteiger partial charge in [0.2, 0.25) is 0 Å². The lowest BCUT2D eigenvalue weighted by molar-refractivity contribution is -0.149. The maximum absolute atomic E-state index is 13.3. The van der Waals surface area contributed by atoms with Gasteiger partial charge in [0.25, 0.3) is 0 Å². The zero-order valence-corrected chi connectivity index (χ0v) is 24.1. The first-order valence-corrected chi connectivity index (χ1v) is 14.3. The number of thioether (sulfide) groups is 1. The monoisotopic (exact) mass is 566 g/mol. The highest BCUT2D eigenvalue weighted by atomic mass is 32.2. The molecule has 0 spiro atoms. The number of aryl methyl sites for hydroxylation is 1. The van der Waals surface area contributed by atoms with Crippen LogP contribution in [0.15, 0.2) is 77.7 Å². The van der Waals surface area contributed by atoms with Crippen molar-refractivity contribution in [2.24, 2.45) is 0 Å². The van der Waals surface area contributed by atoms with Crippen LogP contribution in [0.5, 0.6) is 11.5 Å². The van der Waals surface area contributed by atoms with Crippen molar-refractivity contribution in [3.8, 4) is 11.5 Å². The molecule has 0 aliphatic rings. The summed E-state index contributed by atoms with van der Waals surface area (Å²) >= 11 is 1.76. The molecule has 0 fully saturated rings. The highest BCUT2D eigenvalue weighted by Gasteiger charge is 2.18. The molecule has 3 aromatic rings. The van der Waals surface area contributed by atoms with Crippen LogP contribution in [0.1, 0.15) is 24.5 Å². The highest BCUT2D eigenvalue weighted by Crippen LogP contribution is 2.26. The third-order valence-electron chi connectivity index (χ3n) is 6.09. The van der Waals surface area contributed by atoms with Gasteiger partial charge in [-0.05, 0) is 73.5 Å². The van der Waals surface area contributed by atoms with Crippen LogP contribution in [-0.2, 0) is 16.0 Å². The lowest BCUT2D eigenvalue weighted by atomic mass is 10.1. The number of ether oxygens (including phenoxy) is 3. The summed E-state index contributed by atoms with van der Waals surface area (Å²) in [4.78, 5) is 27.6. The predicted octanol–water partition coefficient (Wildman–Crippen LogP) is 6.13. The van der Waals surface area contributed by atoms with Crippen LogP contribution in [0.2, 0.25) is 0 Å². The number of hydrogen-bond acceptors (Lipinski definition) is 6. The van der Waals surface area contributed by atoms with Gasteiger partial charge in [0.05, 0.1) is 19.3 Å². The van der Waals surface area contributed by atoms with Gasteiger partial charge in [0.15, 0.2) is 6.10 Å². The fourth-order valence-electron chi connectivity index (χ4n) is 4.02. The molecule has 2 N–H and O–H groups in total. The molecule has 214 valence electrons. The Morgan fingerprint density at radius 2 is 1.77 bits per heavy atom. The minimum absolute atomic E-state index is 0.219. The van der Waals surface area contributed by atoms with Gasteiger partial charge in [-0.15, -0.1) is 11.8 Å². The summed E-state index contributed by atoms with van der Waals surface area (Å²) in [6, 6.07) is 22.9. The van der Waals surface area contributed by atoms with Crippen molar-refractivity contribution in [3.63, 3.8) is 0 Å². The van der Waals surface area contributed by atoms with Crippen molar-refractivity contribution in [1.82, 2.24) is 4.90 Å². The molecule has 9 heteroatoms. The Labute approximate surface area is 240 Å². The van der Waals surface area contributed by atoms with E-state index in [0.29, 0.717) is 43.5 Å². The fourth-order valence-corrected chi connectivity index (χ4v) is 4.88. The van der Waals surface area contributed by atoms with E-state index in [0.717, 1.165) is 23.3 Å². The molecule has 0 heterocycles. The van der Waals surface area contributed by atoms with Crippen LogP contribution < -0.4 is 14.8 Å². The maximum atomic E-state index is 13.3. The molecule has 0 aliphatic heterocycles. The number of hydrogen-bond donors (Lipinski definition) is 2. The number of urea groups is 1. The van der Waals surface area contributed by atoms with E-state index in [1.54, 1.807) is 42.8 Å². The molecule has 0 aromatic heterocycles. The number of carboxylic acids is 1. The van der Waals surface area contributed by atoms with Gasteiger partial charge in [-0.1, -0.05) is 36.4 Å². The molecule has 1 atom stereocenters. The zero-order valence-electron chi connectivity index (χ0n) is 23.3. The van der Waals surface area contributed by atoms with Crippen molar-refractivity contribution >= 4 is 29.4 Å². The first kappa shape index (κ1) is 30.8. The van der Waals surface area contributed by atoms with Gasteiger partial charge < -0.3 is 29.5 Å². The number of amides is 2. The lowest BCUT2D eigenvalue weighted by Crippen LogP contribution is -2.38. The van der Waals surface area contributed by atoms with E-state index in [4.69, 9.17) is 14.2 Å². The van der Waals surface area contributed by atoms with Crippen molar-refractivity contribution in [3.05, 3.63) is 83.9 Å². The van der Waals surface area contributed by atoms with E-state index < -0.39 is 12.1 Å². The predicted molar refractivity (Wildman–Crippen MR) is 159 cm³/mol. The average molecular weight is 567 g/mol. The number of carbonyl (C=O) groups excluding carboxylic acids is 1. The SMILES string of the molecule is CCOC(Cc1ccc(OCCN(CCCSc2ccccc2)C(=O)Nc2cc(C)ccc2OC)cc1)C(=O)O. The molecule has 0 saturated carbocycles. The summed E-state index contributed by atoms with van der Waals surface area (Å²) in [5.41, 5.74) is 2.49. The van der Waals surface area contributed by atoms with Crippen molar-refractivity contribution in [2.75, 3.05) is 44.5 Å². The van der Waals surface area contributed by atoms with Gasteiger partial charge in [-0.25, -0.2) is 9.59 Å². The van der Waals surface area contributed by atoms with E-state index >= 15 is 0 Å². The van der Waals surface area contributed by atoms with Gasteiger partial charge in [-0.2, -0.15) is 0 Å². The van der Waals surface area contributed by atoms with Crippen molar-refractivity contribution in [2.45, 2.75) is 37.7 Å². The molecule has 1 unspecified atom stereocenters. The number of nitrogens with one attached hydrogen (secondary N) is 1. The quantitative estimate of drug-likeness (QED) is 0.159. The first-order valence-electron chi connectivity index (χ1n) is 13.3. The number of benzene rings is 3. The molecular formula is C31H38N2O6S. The third-order valence-corrected chi connectivity index (χ3v) is 7.18. The van der Waals surface area contributed by atoms with E-state index in [9.17, 15) is 14.7 Å². The molecule has 40 heavy (non-hydrogen) atoms. The minimum Gasteiger partial charge on any atom is -0.495 e. The lowest BCUT2D eigenvalue weighted by Gasteiger charge is -2.24. The van der Waals surface area contributed by atoms with Gasteiger partial charge in [0.1, 0.15) is 18.1 Å². The van der Waals surface area contributed by atoms with Crippen LogP contribution in [-0.4, -0.2) is 67.3 Å². The molecule has 3 rings (SSSR count). The smallest absolute Gasteiger partial charge is 0.333 e. The van der Waals surface area contributed by atoms with Crippen LogP contribution in [0.4, 0.5) is 10.5 Å². The Kier molecular flexibility index (Phi) is 12.7. The van der Waals surface area contributed by atoms with Crippen molar-refractivity contribution in [1.29, 1.82) is 0 Å². The number of rotatable bonds is 16. The van der Waals surface area contributed by atoms with Crippen molar-refractivity contribution < 1.29 is 28.9 Å². The second kappa shape index (κ2) is 16.4. The van der Waals surface area contributed by atoms with Crippen LogP contribution >= 0.6 is 11.8 Å². The third kappa shape index (κ3) is 10.1. The number of methoxy groups -OCH3 is 1. The molecule has 0 radical (unpaired) electrons. The normalized spacial score (nSPS) is 11.5. The summed E-state index contributed by atoms with van der Waals surface area (Å²) in [6.07, 6.45) is 0.216. The Balaban J connectivity index is 1.58. The van der Waals surface area contributed by atoms with Crippen LogP contribution in [0.3, 0.4) is 0 Å². The number of anilines is 1. The van der Waals surface area contributed by atoms with Gasteiger partial charge in [0, 0.05) is 24.5 Å². The van der Waals surface area contributed by atoms with E-state index in [1.807, 2.05) is 55.5 Å². The number of nitrogens with zero attached hydrogens (tertiary/aromatic N) is 1. The molecule has 2 amide bonds. The van der Waals surface area contributed by atoms with Gasteiger partial charge in [-0.3, -0.25) is 0 Å². The first-order chi connectivity index (χ1) is 19.4. The standard InChI is InChI=1S/C31H38N2O6S/c1-4-38-29(30(34)35)22-24-12-14-25(15-13-24)39-19-18-33(17-8-20-40-26-9-6-5-7-10-26)31(36)32-27-21-23(2)11-16-28(27)37-3/h5-7,9-16,21,29H,4,8,17-20,22H2,1-3H3,(H,32,36)(H,34,35). The minimum atomic E-state index is -0.981. The zero-order chi connectivity index (χ0) is 28.7. The number of carbonyl (C=O) groups is 2. The van der Waals surface area contributed by atoms with Crippen LogP contribution in [0, 0.1) is 6.92 Å². The van der Waals surface area contributed by atoms with Gasteiger partial charge >= 0.3 is 12.0 Å². The van der Waals surface area contributed by atoms with Crippen LogP contribution in [0.25, 0.3) is 0 Å². The molecule has 8 nitrogen and oxygen atoms in total. The molecule has 0 saturated heterocycles. The average Bonchev–Trinajstić information content (AvgIpc) is 2.95. The fraction of sp³-hybridized carbons (Fsp3) is 0.355. The maximum Gasteiger partial charge on any atom is 0.333 e. The Bertz CT molecular complexity index is 1210. The highest BCUT2D eigenvalue weighted by molar-refractivity contribution is 7.99. The summed E-state index contributed by atoms with van der Waals surface area (Å²) in [5.74, 6) is 1.14. The molecule has 0 bridgehead atoms. The summed E-state index contributed by atoms with van der Waals surface area (Å²) in [5, 5.41) is 12.3. The Morgan fingerprint density at radius 1 is 1.02 bits per heavy atom. The second-order valence-corrected chi connectivity index (χ2v) is 10.3. The Hall–Kier alpha value is -3.69. The summed E-state index contributed by atoms with van der Waals surface area (Å²) in [6.45, 7) is 5.34. The number of aliphatic carboxylic acids is 1. The second-order valence-electron chi connectivity index (χ2n) is 9.11. The summed E-state index contributed by atoms with van der Waals surface area (Å²) < 4.78 is 16.7. The topological polar surface area (TPSA) is 97.3 Å². The molecular weight excluding hydrogens is 528 g/mol. The van der Waals surface area contributed by atoms with E-state index in [-0.39, 0.29) is 12.5 Å². The number of carboxylic acid groups (broad SMARTS) is 1. The van der Waals surface area contributed by atoms with E-state index in [1.165, 1.54) is 4.90 Å². The molecule has 3 aromatic carbocycles. The largest absolute Gasteiger partial charge is 0.495 e. The molecule has 0 aliphatic carbocycles. The summed E-state index contributed by atoms with van der Waals surface area (Å²) in [7, 11) is 1.58.